The normalized spacial score (nSPS) is 10.5. The van der Waals surface area contributed by atoms with Crippen LogP contribution in [0.3, 0.4) is 0 Å². The average Bonchev–Trinajstić information content (AvgIpc) is 2.47. The van der Waals surface area contributed by atoms with E-state index in [0.717, 1.165) is 3.57 Å². The van der Waals surface area contributed by atoms with E-state index in [-0.39, 0.29) is 6.61 Å². The minimum absolute atomic E-state index is 0.187. The first kappa shape index (κ1) is 17.0. The molecule has 0 saturated heterocycles. The topological polar surface area (TPSA) is 38.3 Å². The molecule has 1 N–H and O–H groups in total. The van der Waals surface area contributed by atoms with Crippen LogP contribution in [-0.4, -0.2) is 18.3 Å². The van der Waals surface area contributed by atoms with Crippen molar-refractivity contribution in [2.45, 2.75) is 10.7 Å². The summed E-state index contributed by atoms with van der Waals surface area (Å²) in [6.45, 7) is -0.187. The molecule has 0 heterocycles. The molecule has 0 atom stereocenters. The van der Waals surface area contributed by atoms with E-state index >= 15 is 0 Å². The number of carbonyl (C=O) groups excluding carboxylic acids is 1. The predicted molar refractivity (Wildman–Crippen MR) is 91.6 cm³/mol. The molecule has 0 aromatic heterocycles. The summed E-state index contributed by atoms with van der Waals surface area (Å²) in [5.74, 6) is -2.36. The number of hydrogen-bond acceptors (Lipinski definition) is 3. The number of ether oxygens (including phenoxy) is 1. The number of alkyl halides is 2. The molecule has 0 unspecified atom stereocenters. The molecule has 2 aromatic rings. The summed E-state index contributed by atoms with van der Waals surface area (Å²) in [6.07, 6.45) is 0. The highest BCUT2D eigenvalue weighted by Gasteiger charge is 2.12. The standard InChI is InChI=1S/C15H12F2INO2S/c16-15(17)22-13-7-2-1-6-12(13)19-14(20)9-21-11-5-3-4-10(18)8-11/h1-8,15H,9H2,(H,19,20). The third kappa shape index (κ3) is 5.45. The Labute approximate surface area is 144 Å². The van der Waals surface area contributed by atoms with Gasteiger partial charge in [0.25, 0.3) is 11.7 Å². The highest BCUT2D eigenvalue weighted by molar-refractivity contribution is 14.1. The number of hydrogen-bond donors (Lipinski definition) is 1. The first-order valence-electron chi connectivity index (χ1n) is 6.26. The quantitative estimate of drug-likeness (QED) is 0.532. The Hall–Kier alpha value is -1.35. The predicted octanol–water partition coefficient (Wildman–Crippen LogP) is 4.62. The van der Waals surface area contributed by atoms with Crippen molar-refractivity contribution in [2.75, 3.05) is 11.9 Å². The number of carbonyl (C=O) groups is 1. The Morgan fingerprint density at radius 1 is 1.23 bits per heavy atom. The van der Waals surface area contributed by atoms with E-state index in [1.165, 1.54) is 6.07 Å². The van der Waals surface area contributed by atoms with E-state index in [2.05, 4.69) is 27.9 Å². The maximum absolute atomic E-state index is 12.5. The lowest BCUT2D eigenvalue weighted by Crippen LogP contribution is -2.20. The monoisotopic (exact) mass is 435 g/mol. The average molecular weight is 435 g/mol. The summed E-state index contributed by atoms with van der Waals surface area (Å²) in [5.41, 5.74) is 0.351. The lowest BCUT2D eigenvalue weighted by Gasteiger charge is -2.11. The number of benzene rings is 2. The van der Waals surface area contributed by atoms with Crippen molar-refractivity contribution < 1.29 is 18.3 Å². The number of thioether (sulfide) groups is 1. The van der Waals surface area contributed by atoms with Crippen LogP contribution in [0.1, 0.15) is 0 Å². The first-order valence-corrected chi connectivity index (χ1v) is 8.22. The zero-order chi connectivity index (χ0) is 15.9. The molecule has 0 aliphatic heterocycles. The zero-order valence-corrected chi connectivity index (χ0v) is 14.2. The molecule has 0 saturated carbocycles. The highest BCUT2D eigenvalue weighted by Crippen LogP contribution is 2.31. The van der Waals surface area contributed by atoms with Crippen LogP contribution in [-0.2, 0) is 4.79 Å². The van der Waals surface area contributed by atoms with Crippen LogP contribution >= 0.6 is 34.4 Å². The van der Waals surface area contributed by atoms with Crippen molar-refractivity contribution in [1.82, 2.24) is 0 Å². The summed E-state index contributed by atoms with van der Waals surface area (Å²) in [6, 6.07) is 13.7. The van der Waals surface area contributed by atoms with E-state index in [4.69, 9.17) is 4.74 Å². The van der Waals surface area contributed by atoms with Crippen LogP contribution in [0, 0.1) is 3.57 Å². The Morgan fingerprint density at radius 2 is 2.00 bits per heavy atom. The van der Waals surface area contributed by atoms with Gasteiger partial charge in [0.05, 0.1) is 5.69 Å². The number of halogens is 3. The Balaban J connectivity index is 1.95. The maximum atomic E-state index is 12.5. The summed E-state index contributed by atoms with van der Waals surface area (Å²) in [5, 5.41) is 2.58. The van der Waals surface area contributed by atoms with Gasteiger partial charge in [-0.05, 0) is 52.9 Å². The molecule has 0 fully saturated rings. The van der Waals surface area contributed by atoms with Gasteiger partial charge in [0.1, 0.15) is 5.75 Å². The summed E-state index contributed by atoms with van der Waals surface area (Å²) >= 11 is 2.54. The Bertz CT molecular complexity index is 655. The fourth-order valence-corrected chi connectivity index (χ4v) is 2.77. The largest absolute Gasteiger partial charge is 0.484 e. The van der Waals surface area contributed by atoms with Gasteiger partial charge in [0, 0.05) is 8.47 Å². The van der Waals surface area contributed by atoms with E-state index < -0.39 is 11.7 Å². The minimum Gasteiger partial charge on any atom is -0.484 e. The molecule has 0 spiro atoms. The SMILES string of the molecule is O=C(COc1cccc(I)c1)Nc1ccccc1SC(F)F. The van der Waals surface area contributed by atoms with Crippen LogP contribution in [0.4, 0.5) is 14.5 Å². The van der Waals surface area contributed by atoms with Gasteiger partial charge in [-0.2, -0.15) is 8.78 Å². The molecule has 7 heteroatoms. The number of rotatable bonds is 6. The fraction of sp³-hybridized carbons (Fsp3) is 0.133. The van der Waals surface area contributed by atoms with Crippen molar-refractivity contribution >= 4 is 45.9 Å². The molecule has 22 heavy (non-hydrogen) atoms. The smallest absolute Gasteiger partial charge is 0.288 e. The van der Waals surface area contributed by atoms with E-state index in [9.17, 15) is 13.6 Å². The van der Waals surface area contributed by atoms with Gasteiger partial charge >= 0.3 is 0 Å². The Morgan fingerprint density at radius 3 is 2.73 bits per heavy atom. The molecule has 0 aliphatic carbocycles. The fourth-order valence-electron chi connectivity index (χ4n) is 1.66. The van der Waals surface area contributed by atoms with Gasteiger partial charge in [-0.15, -0.1) is 0 Å². The van der Waals surface area contributed by atoms with Crippen LogP contribution in [0.15, 0.2) is 53.4 Å². The molecule has 1 amide bonds. The second-order valence-electron chi connectivity index (χ2n) is 4.17. The zero-order valence-electron chi connectivity index (χ0n) is 11.3. The van der Waals surface area contributed by atoms with Crippen LogP contribution in [0.5, 0.6) is 5.75 Å². The second kappa shape index (κ2) is 8.33. The molecule has 3 nitrogen and oxygen atoms in total. The van der Waals surface area contributed by atoms with E-state index in [1.807, 2.05) is 12.1 Å². The lowest BCUT2D eigenvalue weighted by molar-refractivity contribution is -0.118. The van der Waals surface area contributed by atoms with Crippen molar-refractivity contribution in [3.63, 3.8) is 0 Å². The van der Waals surface area contributed by atoms with Crippen LogP contribution in [0.2, 0.25) is 0 Å². The van der Waals surface area contributed by atoms with Gasteiger partial charge in [-0.25, -0.2) is 0 Å². The summed E-state index contributed by atoms with van der Waals surface area (Å²) < 4.78 is 31.3. The van der Waals surface area contributed by atoms with Gasteiger partial charge in [-0.3, -0.25) is 4.79 Å². The molecule has 2 aromatic carbocycles. The third-order valence-corrected chi connectivity index (χ3v) is 4.00. The van der Waals surface area contributed by atoms with Gasteiger partial charge in [0.15, 0.2) is 6.61 Å². The molecule has 0 bridgehead atoms. The van der Waals surface area contributed by atoms with Gasteiger partial charge < -0.3 is 10.1 Å². The molecular weight excluding hydrogens is 423 g/mol. The van der Waals surface area contributed by atoms with Gasteiger partial charge in [-0.1, -0.05) is 30.0 Å². The molecule has 116 valence electrons. The van der Waals surface area contributed by atoms with Crippen molar-refractivity contribution in [1.29, 1.82) is 0 Å². The lowest BCUT2D eigenvalue weighted by atomic mass is 10.3. The van der Waals surface area contributed by atoms with Crippen LogP contribution in [0.25, 0.3) is 0 Å². The van der Waals surface area contributed by atoms with Gasteiger partial charge in [0.2, 0.25) is 0 Å². The number of amides is 1. The molecule has 2 rings (SSSR count). The third-order valence-electron chi connectivity index (χ3n) is 2.54. The number of anilines is 1. The van der Waals surface area contributed by atoms with E-state index in [1.54, 1.807) is 30.3 Å². The van der Waals surface area contributed by atoms with E-state index in [0.29, 0.717) is 28.1 Å². The van der Waals surface area contributed by atoms with Crippen molar-refractivity contribution in [3.05, 3.63) is 52.1 Å². The Kier molecular flexibility index (Phi) is 6.44. The molecular formula is C15H12F2INO2S. The molecule has 0 radical (unpaired) electrons. The minimum atomic E-state index is -2.54. The second-order valence-corrected chi connectivity index (χ2v) is 6.45. The maximum Gasteiger partial charge on any atom is 0.288 e. The summed E-state index contributed by atoms with van der Waals surface area (Å²) in [7, 11) is 0. The highest BCUT2D eigenvalue weighted by atomic mass is 127. The van der Waals surface area contributed by atoms with Crippen molar-refractivity contribution in [2.24, 2.45) is 0 Å². The van der Waals surface area contributed by atoms with Crippen molar-refractivity contribution in [3.8, 4) is 5.75 Å². The number of nitrogens with one attached hydrogen (secondary N) is 1. The molecule has 0 aliphatic rings. The van der Waals surface area contributed by atoms with Crippen LogP contribution < -0.4 is 10.1 Å². The number of para-hydroxylation sites is 1. The summed E-state index contributed by atoms with van der Waals surface area (Å²) in [4.78, 5) is 12.2. The first-order chi connectivity index (χ1) is 10.5.